The number of hydrogen-bond donors (Lipinski definition) is 2. The molecule has 1 aliphatic carbocycles. The topological polar surface area (TPSA) is 86.7 Å². The molecule has 0 saturated heterocycles. The van der Waals surface area contributed by atoms with Gasteiger partial charge in [-0.3, -0.25) is 14.4 Å². The van der Waals surface area contributed by atoms with Gasteiger partial charge in [0, 0.05) is 31.4 Å². The van der Waals surface area contributed by atoms with E-state index in [-0.39, 0.29) is 41.7 Å². The first-order chi connectivity index (χ1) is 16.6. The highest BCUT2D eigenvalue weighted by Crippen LogP contribution is 2.39. The molecule has 0 spiro atoms. The number of carbonyl (C=O) groups is 3. The zero-order valence-corrected chi connectivity index (χ0v) is 21.1. The van der Waals surface area contributed by atoms with Gasteiger partial charge in [-0.15, -0.1) is 0 Å². The van der Waals surface area contributed by atoms with Crippen molar-refractivity contribution >= 4 is 34.3 Å². The summed E-state index contributed by atoms with van der Waals surface area (Å²) in [6.45, 7) is 4.29. The monoisotopic (exact) mass is 485 g/mol. The van der Waals surface area contributed by atoms with Gasteiger partial charge in [-0.05, 0) is 52.1 Å². The molecule has 0 unspecified atom stereocenters. The van der Waals surface area contributed by atoms with Gasteiger partial charge in [0.25, 0.3) is 5.91 Å². The van der Waals surface area contributed by atoms with E-state index in [0.29, 0.717) is 24.0 Å². The van der Waals surface area contributed by atoms with Crippen LogP contribution in [0, 0.1) is 5.82 Å². The van der Waals surface area contributed by atoms with Gasteiger partial charge in [0.2, 0.25) is 11.8 Å². The summed E-state index contributed by atoms with van der Waals surface area (Å²) in [6.07, 6.45) is 6.41. The number of nitrogens with zero attached hydrogens (tertiary/aromatic N) is 3. The van der Waals surface area contributed by atoms with E-state index in [4.69, 9.17) is 0 Å². The summed E-state index contributed by atoms with van der Waals surface area (Å²) in [5.41, 5.74) is 0.0388. The first-order valence-electron chi connectivity index (χ1n) is 12.5. The maximum Gasteiger partial charge on any atom is 0.273 e. The summed E-state index contributed by atoms with van der Waals surface area (Å²) in [5, 5.41) is 6.44. The second-order valence-corrected chi connectivity index (χ2v) is 10.3. The maximum absolute atomic E-state index is 14.2. The fraction of sp³-hybridized carbons (Fsp3) is 0.577. The molecule has 1 aromatic heterocycles. The summed E-state index contributed by atoms with van der Waals surface area (Å²) in [4.78, 5) is 43.4. The molecule has 1 fully saturated rings. The minimum Gasteiger partial charge on any atom is -0.351 e. The Kier molecular flexibility index (Phi) is 7.17. The Morgan fingerprint density at radius 2 is 1.86 bits per heavy atom. The van der Waals surface area contributed by atoms with Crippen LogP contribution in [0.1, 0.15) is 62.9 Å². The highest BCUT2D eigenvalue weighted by Gasteiger charge is 2.49. The lowest BCUT2D eigenvalue weighted by molar-refractivity contribution is -0.133. The molecule has 1 aromatic carbocycles. The number of halogens is 1. The zero-order chi connectivity index (χ0) is 25.3. The summed E-state index contributed by atoms with van der Waals surface area (Å²) < 4.78 is 16.0. The first kappa shape index (κ1) is 25.2. The van der Waals surface area contributed by atoms with Crippen LogP contribution in [0.25, 0.3) is 10.9 Å². The molecule has 2 heterocycles. The van der Waals surface area contributed by atoms with E-state index in [1.165, 1.54) is 31.9 Å². The van der Waals surface area contributed by atoms with Crippen LogP contribution < -0.4 is 10.6 Å². The Hall–Kier alpha value is -2.94. The van der Waals surface area contributed by atoms with E-state index in [2.05, 4.69) is 10.6 Å². The quantitative estimate of drug-likeness (QED) is 0.615. The minimum absolute atomic E-state index is 0.0967. The molecule has 3 amide bonds. The largest absolute Gasteiger partial charge is 0.351 e. The Labute approximate surface area is 205 Å². The minimum atomic E-state index is -1.14. The van der Waals surface area contributed by atoms with Gasteiger partial charge >= 0.3 is 0 Å². The number of anilines is 1. The van der Waals surface area contributed by atoms with Gasteiger partial charge in [-0.1, -0.05) is 25.7 Å². The van der Waals surface area contributed by atoms with Crippen molar-refractivity contribution in [1.29, 1.82) is 0 Å². The summed E-state index contributed by atoms with van der Waals surface area (Å²) in [7, 11) is 3.83. The van der Waals surface area contributed by atoms with Gasteiger partial charge in [0.05, 0.1) is 17.7 Å². The Morgan fingerprint density at radius 1 is 1.17 bits per heavy atom. The molecule has 2 aliphatic rings. The maximum atomic E-state index is 14.2. The molecule has 1 saturated carbocycles. The first-order valence-corrected chi connectivity index (χ1v) is 12.5. The van der Waals surface area contributed by atoms with Crippen LogP contribution in [-0.4, -0.2) is 70.9 Å². The van der Waals surface area contributed by atoms with Crippen molar-refractivity contribution in [3.63, 3.8) is 0 Å². The van der Waals surface area contributed by atoms with E-state index >= 15 is 0 Å². The van der Waals surface area contributed by atoms with Crippen LogP contribution in [0.4, 0.5) is 10.1 Å². The third kappa shape index (κ3) is 4.91. The molecular formula is C26H36FN5O3. The fourth-order valence-electron chi connectivity index (χ4n) is 5.37. The summed E-state index contributed by atoms with van der Waals surface area (Å²) >= 11 is 0. The van der Waals surface area contributed by atoms with Crippen molar-refractivity contribution < 1.29 is 18.8 Å². The normalized spacial score (nSPS) is 21.2. The lowest BCUT2D eigenvalue weighted by atomic mass is 9.93. The summed E-state index contributed by atoms with van der Waals surface area (Å²) in [6, 6.07) is 4.36. The number of fused-ring (bicyclic) bond motifs is 3. The number of benzene rings is 1. The SMILES string of the molecule is CC(=O)Nc1c2n(c3ccc(F)cc13)C[C@](C)(C(=O)NC1CCCCCC1)N(CCN(C)C)C2=O. The Bertz CT molecular complexity index is 1140. The molecule has 1 aliphatic heterocycles. The lowest BCUT2D eigenvalue weighted by Gasteiger charge is -2.45. The van der Waals surface area contributed by atoms with Gasteiger partial charge < -0.3 is 25.0 Å². The average Bonchev–Trinajstić information content (AvgIpc) is 2.92. The number of aromatic nitrogens is 1. The van der Waals surface area contributed by atoms with Crippen molar-refractivity contribution in [2.24, 2.45) is 0 Å². The van der Waals surface area contributed by atoms with Crippen molar-refractivity contribution in [3.05, 3.63) is 29.7 Å². The van der Waals surface area contributed by atoms with E-state index in [1.807, 2.05) is 25.9 Å². The van der Waals surface area contributed by atoms with Crippen LogP contribution in [0.3, 0.4) is 0 Å². The molecule has 2 N–H and O–H groups in total. The van der Waals surface area contributed by atoms with E-state index in [1.54, 1.807) is 15.5 Å². The van der Waals surface area contributed by atoms with Gasteiger partial charge in [-0.2, -0.15) is 0 Å². The third-order valence-corrected chi connectivity index (χ3v) is 7.29. The van der Waals surface area contributed by atoms with Crippen LogP contribution in [0.5, 0.6) is 0 Å². The molecule has 2 aromatic rings. The molecule has 1 atom stereocenters. The predicted molar refractivity (Wildman–Crippen MR) is 134 cm³/mol. The number of likely N-dealkylation sites (N-methyl/N-ethyl adjacent to an activating group) is 1. The van der Waals surface area contributed by atoms with Crippen LogP contribution in [0.15, 0.2) is 18.2 Å². The smallest absolute Gasteiger partial charge is 0.273 e. The predicted octanol–water partition coefficient (Wildman–Crippen LogP) is 3.35. The highest BCUT2D eigenvalue weighted by atomic mass is 19.1. The summed E-state index contributed by atoms with van der Waals surface area (Å²) in [5.74, 6) is -1.33. The standard InChI is InChI=1S/C26H36FN5O3/c1-17(33)28-22-20-15-18(27)11-12-21(20)31-16-26(2,25(35)29-19-9-7-5-6-8-10-19)32(14-13-30(3)4)24(34)23(22)31/h11-12,15,19H,5-10,13-14,16H2,1-4H3,(H,28,33)(H,29,35)/t26-/m1/s1. The van der Waals surface area contributed by atoms with E-state index < -0.39 is 11.4 Å². The lowest BCUT2D eigenvalue weighted by Crippen LogP contribution is -2.65. The fourth-order valence-corrected chi connectivity index (χ4v) is 5.37. The van der Waals surface area contributed by atoms with Crippen molar-refractivity contribution in [3.8, 4) is 0 Å². The Morgan fingerprint density at radius 3 is 2.49 bits per heavy atom. The highest BCUT2D eigenvalue weighted by molar-refractivity contribution is 6.14. The number of nitrogens with one attached hydrogen (secondary N) is 2. The van der Waals surface area contributed by atoms with Crippen molar-refractivity contribution in [2.45, 2.75) is 70.5 Å². The zero-order valence-electron chi connectivity index (χ0n) is 21.1. The van der Waals surface area contributed by atoms with Crippen molar-refractivity contribution in [1.82, 2.24) is 19.7 Å². The molecule has 4 rings (SSSR count). The number of carbonyl (C=O) groups excluding carboxylic acids is 3. The molecule has 0 radical (unpaired) electrons. The molecule has 35 heavy (non-hydrogen) atoms. The molecule has 9 heteroatoms. The Balaban J connectivity index is 1.80. The third-order valence-electron chi connectivity index (χ3n) is 7.29. The average molecular weight is 486 g/mol. The van der Waals surface area contributed by atoms with Crippen molar-refractivity contribution in [2.75, 3.05) is 32.5 Å². The molecule has 0 bridgehead atoms. The van der Waals surface area contributed by atoms with Crippen LogP contribution in [-0.2, 0) is 16.1 Å². The van der Waals surface area contributed by atoms with Crippen LogP contribution in [0.2, 0.25) is 0 Å². The second-order valence-electron chi connectivity index (χ2n) is 10.3. The molecular weight excluding hydrogens is 449 g/mol. The molecule has 8 nitrogen and oxygen atoms in total. The van der Waals surface area contributed by atoms with E-state index in [9.17, 15) is 18.8 Å². The van der Waals surface area contributed by atoms with Gasteiger partial charge in [0.1, 0.15) is 17.1 Å². The van der Waals surface area contributed by atoms with Gasteiger partial charge in [-0.25, -0.2) is 4.39 Å². The number of amides is 3. The van der Waals surface area contributed by atoms with E-state index in [0.717, 1.165) is 25.7 Å². The number of rotatable bonds is 6. The second kappa shape index (κ2) is 9.97. The van der Waals surface area contributed by atoms with Gasteiger partial charge in [0.15, 0.2) is 0 Å². The van der Waals surface area contributed by atoms with Crippen LogP contribution >= 0.6 is 0 Å². The number of hydrogen-bond acceptors (Lipinski definition) is 4. The molecule has 190 valence electrons.